The highest BCUT2D eigenvalue weighted by Crippen LogP contribution is 2.64. The molecular formula is C24H26BO7. The Morgan fingerprint density at radius 2 is 2.12 bits per heavy atom. The zero-order chi connectivity index (χ0) is 23.0. The first-order valence-corrected chi connectivity index (χ1v) is 11.1. The zero-order valence-corrected chi connectivity index (χ0v) is 18.7. The van der Waals surface area contributed by atoms with Crippen molar-refractivity contribution in [3.63, 3.8) is 0 Å². The number of aliphatic hydroxyl groups excluding tert-OH is 1. The number of ketones is 1. The minimum Gasteiger partial charge on any atom is -0.515 e. The highest BCUT2D eigenvalue weighted by molar-refractivity contribution is 6.33. The molecule has 5 atom stereocenters. The van der Waals surface area contributed by atoms with Crippen molar-refractivity contribution in [1.29, 1.82) is 0 Å². The second kappa shape index (κ2) is 6.86. The summed E-state index contributed by atoms with van der Waals surface area (Å²) in [5.41, 5.74) is 1.48. The minimum absolute atomic E-state index is 0.132. The van der Waals surface area contributed by atoms with E-state index in [0.717, 1.165) is 17.4 Å². The van der Waals surface area contributed by atoms with Crippen LogP contribution < -0.4 is 0 Å². The fraction of sp³-hybridized carbons (Fsp3) is 0.542. The third-order valence-corrected chi connectivity index (χ3v) is 8.04. The fourth-order valence-electron chi connectivity index (χ4n) is 6.64. The number of furan rings is 1. The van der Waals surface area contributed by atoms with Crippen LogP contribution in [0.4, 0.5) is 0 Å². The Morgan fingerprint density at radius 3 is 2.78 bits per heavy atom. The van der Waals surface area contributed by atoms with Crippen LogP contribution in [0, 0.1) is 11.3 Å². The summed E-state index contributed by atoms with van der Waals surface area (Å²) >= 11 is 0. The Labute approximate surface area is 187 Å². The lowest BCUT2D eigenvalue weighted by molar-refractivity contribution is -0.149. The first-order valence-electron chi connectivity index (χ1n) is 11.1. The molecule has 1 saturated carbocycles. The number of allylic oxidation sites excluding steroid dienone is 2. The van der Waals surface area contributed by atoms with Gasteiger partial charge in [0.05, 0.1) is 17.3 Å². The summed E-state index contributed by atoms with van der Waals surface area (Å²) in [6.45, 7) is 7.17. The van der Waals surface area contributed by atoms with Gasteiger partial charge < -0.3 is 19.0 Å². The van der Waals surface area contributed by atoms with Crippen LogP contribution in [0.25, 0.3) is 5.57 Å². The summed E-state index contributed by atoms with van der Waals surface area (Å²) < 4.78 is 17.6. The largest absolute Gasteiger partial charge is 0.515 e. The van der Waals surface area contributed by atoms with Gasteiger partial charge >= 0.3 is 11.9 Å². The summed E-state index contributed by atoms with van der Waals surface area (Å²) in [6.07, 6.45) is 3.08. The normalized spacial score (nSPS) is 36.4. The molecule has 0 spiro atoms. The standard InChI is InChI=1S/C24H26BO7/c1-11(27)31-15-7-23(2)14(5-6-16(23)28)18-12(9-26)21-19-13(10-30-21)22(29)32-17(8-25-4)24(19,3)20(15)18/h9-10,14-15,17,26H,5-8H2,1-4H3/b12-9-. The summed E-state index contributed by atoms with van der Waals surface area (Å²) in [4.78, 5) is 37.9. The first-order chi connectivity index (χ1) is 15.2. The van der Waals surface area contributed by atoms with Gasteiger partial charge in [0.25, 0.3) is 0 Å². The molecule has 5 rings (SSSR count). The average molecular weight is 437 g/mol. The van der Waals surface area contributed by atoms with Gasteiger partial charge in [-0.05, 0) is 36.7 Å². The van der Waals surface area contributed by atoms with Gasteiger partial charge in [-0.3, -0.25) is 9.59 Å². The maximum Gasteiger partial charge on any atom is 0.342 e. The number of Topliss-reactive ketones (excluding diaryl/α,β-unsaturated/α-hetero) is 1. The van der Waals surface area contributed by atoms with Crippen molar-refractivity contribution < 1.29 is 33.4 Å². The van der Waals surface area contributed by atoms with Crippen LogP contribution >= 0.6 is 0 Å². The zero-order valence-electron chi connectivity index (χ0n) is 18.7. The summed E-state index contributed by atoms with van der Waals surface area (Å²) in [6, 6.07) is 0. The summed E-state index contributed by atoms with van der Waals surface area (Å²) in [7, 11) is 1.94. The molecular weight excluding hydrogens is 411 g/mol. The van der Waals surface area contributed by atoms with Crippen LogP contribution in [0.1, 0.15) is 61.7 Å². The molecule has 7 nitrogen and oxygen atoms in total. The smallest absolute Gasteiger partial charge is 0.342 e. The maximum absolute atomic E-state index is 13.0. The lowest BCUT2D eigenvalue weighted by Crippen LogP contribution is -2.55. The molecule has 0 amide bonds. The average Bonchev–Trinajstić information content (AvgIpc) is 3.29. The molecule has 4 aliphatic rings. The Balaban J connectivity index is 1.85. The van der Waals surface area contributed by atoms with Gasteiger partial charge in [-0.2, -0.15) is 0 Å². The minimum atomic E-state index is -0.826. The summed E-state index contributed by atoms with van der Waals surface area (Å²) in [5.74, 6) is -0.518. The molecule has 1 aromatic rings. The number of carbonyl (C=O) groups excluding carboxylic acids is 3. The third kappa shape index (κ3) is 2.46. The van der Waals surface area contributed by atoms with Gasteiger partial charge in [0, 0.05) is 30.7 Å². The summed E-state index contributed by atoms with van der Waals surface area (Å²) in [5, 5.41) is 10.3. The SMILES string of the molecule is C[B]CC1OC(=O)c2coc3c2C1(C)C1=C(/C3=C/O)C2CCC(=O)C2(C)CC1OC(C)=O. The van der Waals surface area contributed by atoms with Gasteiger partial charge in [-0.15, -0.1) is 0 Å². The molecule has 1 N–H and O–H groups in total. The van der Waals surface area contributed by atoms with Crippen molar-refractivity contribution in [1.82, 2.24) is 0 Å². The van der Waals surface area contributed by atoms with Crippen molar-refractivity contribution in [2.45, 2.75) is 70.8 Å². The Morgan fingerprint density at radius 1 is 1.38 bits per heavy atom. The van der Waals surface area contributed by atoms with E-state index in [1.807, 2.05) is 28.0 Å². The number of aliphatic hydroxyl groups is 1. The number of esters is 2. The van der Waals surface area contributed by atoms with E-state index in [4.69, 9.17) is 13.9 Å². The second-order valence-corrected chi connectivity index (χ2v) is 9.70. The Kier molecular flexibility index (Phi) is 4.53. The van der Waals surface area contributed by atoms with Gasteiger partial charge in [0.1, 0.15) is 42.9 Å². The van der Waals surface area contributed by atoms with Crippen molar-refractivity contribution in [3.8, 4) is 0 Å². The monoisotopic (exact) mass is 437 g/mol. The third-order valence-electron chi connectivity index (χ3n) is 8.04. The van der Waals surface area contributed by atoms with E-state index >= 15 is 0 Å². The molecule has 8 heteroatoms. The lowest BCUT2D eigenvalue weighted by atomic mass is 9.52. The molecule has 5 unspecified atom stereocenters. The number of carbonyl (C=O) groups is 3. The number of fused-ring (bicyclic) bond motifs is 3. The van der Waals surface area contributed by atoms with Gasteiger partial charge in [-0.25, -0.2) is 4.79 Å². The van der Waals surface area contributed by atoms with E-state index < -0.39 is 35.0 Å². The second-order valence-electron chi connectivity index (χ2n) is 9.70. The van der Waals surface area contributed by atoms with Gasteiger partial charge in [0.2, 0.25) is 0 Å². The topological polar surface area (TPSA) is 103 Å². The van der Waals surface area contributed by atoms with E-state index in [9.17, 15) is 19.5 Å². The van der Waals surface area contributed by atoms with Crippen molar-refractivity contribution >= 4 is 30.6 Å². The molecule has 167 valence electrons. The van der Waals surface area contributed by atoms with Crippen molar-refractivity contribution in [2.24, 2.45) is 11.3 Å². The van der Waals surface area contributed by atoms with Crippen LogP contribution in [0.15, 0.2) is 28.1 Å². The fourth-order valence-corrected chi connectivity index (χ4v) is 6.64. The van der Waals surface area contributed by atoms with E-state index in [1.54, 1.807) is 0 Å². The highest BCUT2D eigenvalue weighted by atomic mass is 16.6. The predicted octanol–water partition coefficient (Wildman–Crippen LogP) is 3.78. The maximum atomic E-state index is 13.0. The van der Waals surface area contributed by atoms with Gasteiger partial charge in [0.15, 0.2) is 0 Å². The number of hydrogen-bond acceptors (Lipinski definition) is 7. The van der Waals surface area contributed by atoms with Crippen molar-refractivity contribution in [2.75, 3.05) is 0 Å². The number of ether oxygens (including phenoxy) is 2. The number of rotatable bonds is 3. The predicted molar refractivity (Wildman–Crippen MR) is 115 cm³/mol. The molecule has 3 aliphatic carbocycles. The van der Waals surface area contributed by atoms with E-state index in [1.165, 1.54) is 13.2 Å². The molecule has 1 radical (unpaired) electrons. The molecule has 1 aromatic heterocycles. The molecule has 1 aliphatic heterocycles. The van der Waals surface area contributed by atoms with Gasteiger partial charge in [-0.1, -0.05) is 13.7 Å². The molecule has 0 aromatic carbocycles. The first kappa shape index (κ1) is 21.1. The molecule has 0 bridgehead atoms. The van der Waals surface area contributed by atoms with Crippen LogP contribution in [0.2, 0.25) is 13.1 Å². The van der Waals surface area contributed by atoms with Crippen LogP contribution in [0.5, 0.6) is 0 Å². The Bertz CT molecular complexity index is 1110. The molecule has 1 fully saturated rings. The van der Waals surface area contributed by atoms with E-state index in [-0.39, 0.29) is 11.7 Å². The van der Waals surface area contributed by atoms with Crippen molar-refractivity contribution in [3.05, 3.63) is 40.6 Å². The number of hydrogen-bond donors (Lipinski definition) is 1. The van der Waals surface area contributed by atoms with E-state index in [2.05, 4.69) is 0 Å². The Hall–Kier alpha value is -2.77. The highest BCUT2D eigenvalue weighted by Gasteiger charge is 2.63. The van der Waals surface area contributed by atoms with E-state index in [0.29, 0.717) is 48.0 Å². The molecule has 2 heterocycles. The molecule has 0 saturated heterocycles. The molecule has 32 heavy (non-hydrogen) atoms. The van der Waals surface area contributed by atoms with Crippen LogP contribution in [0.3, 0.4) is 0 Å². The van der Waals surface area contributed by atoms with Crippen LogP contribution in [-0.2, 0) is 24.5 Å². The quantitative estimate of drug-likeness (QED) is 0.436. The van der Waals surface area contributed by atoms with Crippen LogP contribution in [-0.4, -0.2) is 42.3 Å². The lowest BCUT2D eigenvalue weighted by Gasteiger charge is -2.53. The number of cyclic esters (lactones) is 1.